The minimum atomic E-state index is -0.194. The third kappa shape index (κ3) is 3.58. The van der Waals surface area contributed by atoms with Gasteiger partial charge in [0.25, 0.3) is 0 Å². The van der Waals surface area contributed by atoms with Gasteiger partial charge in [-0.25, -0.2) is 4.39 Å². The zero-order valence-corrected chi connectivity index (χ0v) is 15.8. The summed E-state index contributed by atoms with van der Waals surface area (Å²) < 4.78 is 14.4. The van der Waals surface area contributed by atoms with Crippen LogP contribution in [-0.4, -0.2) is 49.5 Å². The lowest BCUT2D eigenvalue weighted by atomic mass is 10.0. The fraction of sp³-hybridized carbons (Fsp3) is 0.526. The van der Waals surface area contributed by atoms with Crippen molar-refractivity contribution in [1.29, 1.82) is 0 Å². The molecule has 6 nitrogen and oxygen atoms in total. The molecule has 0 aromatic heterocycles. The second-order valence-corrected chi connectivity index (χ2v) is 8.29. The molecule has 4 N–H and O–H groups in total. The Morgan fingerprint density at radius 1 is 1.33 bits per heavy atom. The average molecular weight is 391 g/mol. The molecule has 1 saturated heterocycles. The van der Waals surface area contributed by atoms with Gasteiger partial charge in [0.2, 0.25) is 0 Å². The third-order valence-corrected chi connectivity index (χ3v) is 5.89. The lowest BCUT2D eigenvalue weighted by Gasteiger charge is -2.27. The molecule has 8 heteroatoms. The number of hydrogen-bond acceptors (Lipinski definition) is 6. The van der Waals surface area contributed by atoms with Gasteiger partial charge < -0.3 is 26.2 Å². The molecule has 4 heterocycles. The average Bonchev–Trinajstić information content (AvgIpc) is 3.20. The normalized spacial score (nSPS) is 33.1. The van der Waals surface area contributed by atoms with Crippen LogP contribution in [0.2, 0.25) is 0 Å². The fourth-order valence-electron chi connectivity index (χ4n) is 4.05. The van der Waals surface area contributed by atoms with Gasteiger partial charge in [-0.15, -0.1) is 0 Å². The molecule has 27 heavy (non-hydrogen) atoms. The fourth-order valence-corrected chi connectivity index (χ4v) is 4.23. The number of nitrogens with zero attached hydrogens (tertiary/aromatic N) is 2. The minimum Gasteiger partial charge on any atom is -0.365 e. The first-order chi connectivity index (χ1) is 13.2. The van der Waals surface area contributed by atoms with Gasteiger partial charge in [-0.2, -0.15) is 0 Å². The molecule has 0 bridgehead atoms. The number of nitrogens with one attached hydrogen (secondary N) is 4. The molecule has 0 spiro atoms. The van der Waals surface area contributed by atoms with Gasteiger partial charge in [-0.3, -0.25) is 4.99 Å². The van der Waals surface area contributed by atoms with Gasteiger partial charge in [-0.05, 0) is 31.3 Å². The highest BCUT2D eigenvalue weighted by atomic mass is 35.5. The Kier molecular flexibility index (Phi) is 4.36. The molecule has 5 aliphatic rings. The Bertz CT molecular complexity index is 794. The van der Waals surface area contributed by atoms with Crippen LogP contribution in [0.4, 0.5) is 4.39 Å². The Labute approximate surface area is 163 Å². The Morgan fingerprint density at radius 3 is 3.07 bits per heavy atom. The number of halogens is 2. The molecule has 5 rings (SSSR count). The van der Waals surface area contributed by atoms with Gasteiger partial charge in [-0.1, -0.05) is 11.6 Å². The van der Waals surface area contributed by atoms with E-state index in [-0.39, 0.29) is 24.6 Å². The molecule has 2 fully saturated rings. The topological polar surface area (TPSA) is 63.7 Å². The minimum absolute atomic E-state index is 0.128. The van der Waals surface area contributed by atoms with E-state index < -0.39 is 0 Å². The number of rotatable bonds is 4. The lowest BCUT2D eigenvalue weighted by Crippen LogP contribution is -2.44. The molecule has 1 unspecified atom stereocenters. The van der Waals surface area contributed by atoms with E-state index in [0.29, 0.717) is 10.9 Å². The second-order valence-electron chi connectivity index (χ2n) is 7.86. The van der Waals surface area contributed by atoms with E-state index in [9.17, 15) is 4.39 Å². The van der Waals surface area contributed by atoms with Crippen LogP contribution in [0.15, 0.2) is 50.9 Å². The predicted octanol–water partition coefficient (Wildman–Crippen LogP) is 1.62. The number of hydrogen-bond donors (Lipinski definition) is 4. The van der Waals surface area contributed by atoms with Crippen molar-refractivity contribution in [3.05, 3.63) is 45.9 Å². The van der Waals surface area contributed by atoms with E-state index in [0.717, 1.165) is 42.4 Å². The zero-order chi connectivity index (χ0) is 18.4. The van der Waals surface area contributed by atoms with Crippen LogP contribution < -0.4 is 21.3 Å². The highest BCUT2D eigenvalue weighted by molar-refractivity contribution is 6.31. The van der Waals surface area contributed by atoms with Crippen molar-refractivity contribution in [3.63, 3.8) is 0 Å². The molecule has 0 amide bonds. The van der Waals surface area contributed by atoms with E-state index in [1.54, 1.807) is 12.4 Å². The van der Waals surface area contributed by atoms with Crippen LogP contribution in [0.1, 0.15) is 19.3 Å². The summed E-state index contributed by atoms with van der Waals surface area (Å²) in [7, 11) is 0. The van der Waals surface area contributed by atoms with Crippen LogP contribution >= 0.6 is 11.6 Å². The molecule has 1 aliphatic carbocycles. The summed E-state index contributed by atoms with van der Waals surface area (Å²) in [6.07, 6.45) is 9.09. The number of likely N-dealkylation sites (tertiary alicyclic amines) is 1. The first-order valence-electron chi connectivity index (χ1n) is 9.65. The first-order valence-corrected chi connectivity index (χ1v) is 10.0. The van der Waals surface area contributed by atoms with E-state index >= 15 is 0 Å². The van der Waals surface area contributed by atoms with Crippen LogP contribution in [0.3, 0.4) is 0 Å². The van der Waals surface area contributed by atoms with Crippen molar-refractivity contribution in [1.82, 2.24) is 26.2 Å². The number of dihydropyridines is 1. The number of fused-ring (bicyclic) bond motifs is 1. The zero-order valence-electron chi connectivity index (χ0n) is 15.1. The highest BCUT2D eigenvalue weighted by Crippen LogP contribution is 2.31. The molecule has 2 atom stereocenters. The van der Waals surface area contributed by atoms with Crippen LogP contribution in [0.5, 0.6) is 0 Å². The van der Waals surface area contributed by atoms with Crippen LogP contribution in [0, 0.1) is 5.92 Å². The largest absolute Gasteiger partial charge is 0.365 e. The standard InChI is InChI=1S/C19H24ClFN6/c20-12-5-14-15(7-23-17(14)22-6-12)18-24-8-16(21)19(26-18)25-13-3-4-27(10-13)9-11-1-2-11/h5-7,11,13,17,22,24-26H,1-4,8-10H2/t13-,17?/m0/s1. The third-order valence-electron chi connectivity index (χ3n) is 5.68. The Hall–Kier alpha value is -1.99. The summed E-state index contributed by atoms with van der Waals surface area (Å²) in [6, 6.07) is 0.277. The summed E-state index contributed by atoms with van der Waals surface area (Å²) in [6.45, 7) is 3.42. The maximum Gasteiger partial charge on any atom is 0.159 e. The summed E-state index contributed by atoms with van der Waals surface area (Å²) >= 11 is 6.12. The molecule has 4 aliphatic heterocycles. The second kappa shape index (κ2) is 6.87. The molecular weight excluding hydrogens is 367 g/mol. The van der Waals surface area contributed by atoms with Gasteiger partial charge in [0, 0.05) is 49.2 Å². The lowest BCUT2D eigenvalue weighted by molar-refractivity contribution is 0.315. The monoisotopic (exact) mass is 390 g/mol. The number of allylic oxidation sites excluding steroid dienone is 2. The van der Waals surface area contributed by atoms with E-state index in [4.69, 9.17) is 11.6 Å². The maximum absolute atomic E-state index is 14.4. The Balaban J connectivity index is 1.29. The molecule has 144 valence electrons. The highest BCUT2D eigenvalue weighted by Gasteiger charge is 2.31. The van der Waals surface area contributed by atoms with Crippen molar-refractivity contribution in [2.45, 2.75) is 31.5 Å². The molecule has 1 saturated carbocycles. The van der Waals surface area contributed by atoms with E-state index in [1.807, 2.05) is 6.08 Å². The molecule has 0 radical (unpaired) electrons. The van der Waals surface area contributed by atoms with E-state index in [2.05, 4.69) is 31.2 Å². The summed E-state index contributed by atoms with van der Waals surface area (Å²) in [5, 5.41) is 13.5. The van der Waals surface area contributed by atoms with Crippen LogP contribution in [-0.2, 0) is 0 Å². The summed E-state index contributed by atoms with van der Waals surface area (Å²) in [4.78, 5) is 6.95. The van der Waals surface area contributed by atoms with Gasteiger partial charge in [0.1, 0.15) is 17.8 Å². The Morgan fingerprint density at radius 2 is 2.22 bits per heavy atom. The van der Waals surface area contributed by atoms with Crippen molar-refractivity contribution in [3.8, 4) is 0 Å². The van der Waals surface area contributed by atoms with E-state index in [1.165, 1.54) is 19.4 Å². The van der Waals surface area contributed by atoms with Crippen LogP contribution in [0.25, 0.3) is 0 Å². The predicted molar refractivity (Wildman–Crippen MR) is 104 cm³/mol. The van der Waals surface area contributed by atoms with Gasteiger partial charge in [0.15, 0.2) is 5.83 Å². The first kappa shape index (κ1) is 17.1. The van der Waals surface area contributed by atoms with Crippen molar-refractivity contribution >= 4 is 17.8 Å². The van der Waals surface area contributed by atoms with Crippen molar-refractivity contribution in [2.75, 3.05) is 26.2 Å². The summed E-state index contributed by atoms with van der Waals surface area (Å²) in [5.41, 5.74) is 1.89. The molecule has 0 aromatic rings. The van der Waals surface area contributed by atoms with Gasteiger partial charge >= 0.3 is 0 Å². The van der Waals surface area contributed by atoms with Crippen molar-refractivity contribution in [2.24, 2.45) is 10.9 Å². The molecule has 0 aromatic carbocycles. The maximum atomic E-state index is 14.4. The molecular formula is C19H24ClFN6. The quantitative estimate of drug-likeness (QED) is 0.587. The smallest absolute Gasteiger partial charge is 0.159 e. The van der Waals surface area contributed by atoms with Gasteiger partial charge in [0.05, 0.1) is 11.6 Å². The SMILES string of the molecule is FC1=C(N[C@H]2CCN(CC3CC3)C2)NC(=C2C=NC3NC=C(Cl)C=C23)NC1. The van der Waals surface area contributed by atoms with Crippen molar-refractivity contribution < 1.29 is 4.39 Å². The number of aliphatic imine (C=N–C) groups is 1. The summed E-state index contributed by atoms with van der Waals surface area (Å²) in [5.74, 6) is 1.93.